The van der Waals surface area contributed by atoms with E-state index in [4.69, 9.17) is 41.1 Å². The third-order valence-corrected chi connectivity index (χ3v) is 7.88. The topological polar surface area (TPSA) is 209 Å². The van der Waals surface area contributed by atoms with Crippen LogP contribution in [0.4, 0.5) is 24.7 Å². The van der Waals surface area contributed by atoms with E-state index in [0.29, 0.717) is 5.03 Å². The van der Waals surface area contributed by atoms with Gasteiger partial charge in [0.15, 0.2) is 0 Å². The standard InChI is InChI=1S/2C13H11FN4O.C7H6FNO.C7H9N3S.CH4O.Na.H2.H/c1-15-10-12(18(2)3)16-11(17-13(10)19)8-6-4-5-7-9(8)14;1-16-11(8-15)12(18(2)3)17-13(19)9-6-4-5-7-10(9)14;8-6-4-2-1-3-5(6)7(9)10;1-9-6(5-8)7(11-4)10(2)3;1-2;;;/h4-7H,2-3H3,(H,16,17,19);4-7H,2-3H3,(H,17,19);1-4H,(H2,9,10);2-4H3;2H,1H3;;1H;/q;;;;;+1;;-1/b;12-11-;;7-6+;;;;/i;;;;;;1+1;. The molecule has 0 unspecified atom stereocenters. The predicted molar refractivity (Wildman–Crippen MR) is 230 cm³/mol. The van der Waals surface area contributed by atoms with Gasteiger partial charge in [0.25, 0.3) is 28.8 Å². The number of aliphatic hydroxyl groups is 1. The summed E-state index contributed by atoms with van der Waals surface area (Å²) < 4.78 is 39.7. The quantitative estimate of drug-likeness (QED) is 0.115. The third-order valence-electron chi connectivity index (χ3n) is 6.94. The summed E-state index contributed by atoms with van der Waals surface area (Å²) in [5.41, 5.74) is 4.02. The Bertz CT molecular complexity index is 2480. The summed E-state index contributed by atoms with van der Waals surface area (Å²) in [5.74, 6) is -2.81. The normalized spacial score (nSPS) is 9.92. The molecule has 0 fully saturated rings. The number of rotatable bonds is 8. The number of aromatic nitrogens is 2. The van der Waals surface area contributed by atoms with E-state index in [1.54, 1.807) is 62.3 Å². The molecule has 0 radical (unpaired) electrons. The number of nitrogens with two attached hydrogens (primary N) is 1. The Balaban J connectivity index is -0.000000377. The number of benzene rings is 3. The van der Waals surface area contributed by atoms with Crippen LogP contribution >= 0.6 is 11.8 Å². The van der Waals surface area contributed by atoms with Crippen molar-refractivity contribution in [2.45, 2.75) is 0 Å². The zero-order valence-corrected chi connectivity index (χ0v) is 38.1. The fraction of sp³-hybridized carbons (Fsp3) is 0.195. The number of hydrogen-bond donors (Lipinski definition) is 4. The predicted octanol–water partition coefficient (Wildman–Crippen LogP) is 3.34. The first-order valence-electron chi connectivity index (χ1n) is 16.8. The third kappa shape index (κ3) is 17.6. The van der Waals surface area contributed by atoms with Crippen LogP contribution in [0.3, 0.4) is 0 Å². The zero-order chi connectivity index (χ0) is 46.8. The Morgan fingerprint density at radius 1 is 0.839 bits per heavy atom. The van der Waals surface area contributed by atoms with Gasteiger partial charge in [0.2, 0.25) is 0 Å². The van der Waals surface area contributed by atoms with E-state index in [2.05, 4.69) is 29.8 Å². The number of nitriles is 2. The number of nitrogens with one attached hydrogen (secondary N) is 2. The molecule has 5 N–H and O–H groups in total. The molecule has 62 heavy (non-hydrogen) atoms. The number of aliphatic hydroxyl groups excluding tert-OH is 1. The van der Waals surface area contributed by atoms with Gasteiger partial charge in [-0.2, -0.15) is 0 Å². The van der Waals surface area contributed by atoms with E-state index in [0.717, 1.165) is 13.2 Å². The molecule has 21 heteroatoms. The average molecular weight is 882 g/mol. The number of hydrogen-bond acceptors (Lipinski definition) is 11. The average Bonchev–Trinajstić information content (AvgIpc) is 3.24. The van der Waals surface area contributed by atoms with Crippen LogP contribution in [-0.2, 0) is 0 Å². The number of aromatic amines is 1. The molecule has 2 amide bonds. The van der Waals surface area contributed by atoms with Gasteiger partial charge in [-0.1, -0.05) is 36.4 Å². The summed E-state index contributed by atoms with van der Waals surface area (Å²) in [7, 11) is 11.1. The summed E-state index contributed by atoms with van der Waals surface area (Å²) in [4.78, 5) is 54.7. The molecule has 4 rings (SSSR count). The van der Waals surface area contributed by atoms with Crippen molar-refractivity contribution in [2.75, 3.05) is 60.6 Å². The summed E-state index contributed by atoms with van der Waals surface area (Å²) in [6.07, 6.45) is 1.85. The fourth-order valence-corrected chi connectivity index (χ4v) is 4.90. The second-order valence-corrected chi connectivity index (χ2v) is 12.4. The van der Waals surface area contributed by atoms with Gasteiger partial charge in [0, 0.05) is 50.8 Å². The number of amides is 2. The molecular formula is C41H44F3N12NaO4S. The van der Waals surface area contributed by atoms with Crippen molar-refractivity contribution in [3.05, 3.63) is 168 Å². The van der Waals surface area contributed by atoms with Crippen LogP contribution in [-0.4, -0.2) is 92.3 Å². The van der Waals surface area contributed by atoms with Crippen molar-refractivity contribution < 1.29 is 60.3 Å². The van der Waals surface area contributed by atoms with Crippen molar-refractivity contribution in [3.63, 3.8) is 0 Å². The van der Waals surface area contributed by atoms with Crippen molar-refractivity contribution in [2.24, 2.45) is 5.73 Å². The van der Waals surface area contributed by atoms with Crippen LogP contribution in [0.25, 0.3) is 25.9 Å². The summed E-state index contributed by atoms with van der Waals surface area (Å²) in [6.45, 7) is 20.6. The molecule has 16 nitrogen and oxygen atoms in total. The SMILES string of the molecule is CO.NC(=O)c1ccccc1F.[2HH].[C-]#[N+]/C(C#N)=C(/NC(=O)c1ccccc1F)N(C)C.[C-]#[N+]/C(C#N)=C(/SC)N(C)C.[C-]#[N+]c1c(N(C)C)nc(-c2ccccc2F)[nH]c1=O.[H-].[Na+]. The molecule has 0 aliphatic rings. The van der Waals surface area contributed by atoms with Gasteiger partial charge < -0.3 is 37.3 Å². The summed E-state index contributed by atoms with van der Waals surface area (Å²) in [5, 5.41) is 27.4. The largest absolute Gasteiger partial charge is 1.00 e. The summed E-state index contributed by atoms with van der Waals surface area (Å²) in [6, 6.07) is 20.6. The number of H-pyrrole nitrogens is 1. The van der Waals surface area contributed by atoms with Crippen molar-refractivity contribution in [1.29, 1.82) is 10.5 Å². The molecule has 1 aromatic heterocycles. The molecule has 0 spiro atoms. The smallest absolute Gasteiger partial charge is 1.00 e. The fourth-order valence-electron chi connectivity index (χ4n) is 4.26. The maximum Gasteiger partial charge on any atom is 1.00 e. The molecule has 320 valence electrons. The van der Waals surface area contributed by atoms with E-state index in [1.165, 1.54) is 65.2 Å². The van der Waals surface area contributed by atoms with Gasteiger partial charge in [-0.25, -0.2) is 43.2 Å². The second kappa shape index (κ2) is 30.0. The molecule has 0 saturated heterocycles. The van der Waals surface area contributed by atoms with Crippen LogP contribution in [0.5, 0.6) is 0 Å². The molecule has 1 heterocycles. The van der Waals surface area contributed by atoms with Gasteiger partial charge in [-0.05, 0) is 42.7 Å². The number of carbonyl (C=O) groups excluding carboxylic acids is 2. The van der Waals surface area contributed by atoms with E-state index in [1.807, 2.05) is 26.4 Å². The number of nitrogens with zero attached hydrogens (tertiary/aromatic N) is 9. The van der Waals surface area contributed by atoms with Gasteiger partial charge >= 0.3 is 35.3 Å². The van der Waals surface area contributed by atoms with Crippen LogP contribution < -0.4 is 51.1 Å². The van der Waals surface area contributed by atoms with E-state index in [-0.39, 0.29) is 83.6 Å². The molecule has 0 atom stereocenters. The van der Waals surface area contributed by atoms with E-state index >= 15 is 0 Å². The summed E-state index contributed by atoms with van der Waals surface area (Å²) >= 11 is 1.40. The monoisotopic (exact) mass is 881 g/mol. The number of allylic oxidation sites excluding steroid dienone is 2. The number of halogens is 3. The first-order chi connectivity index (χ1) is 28.9. The molecule has 3 aromatic carbocycles. The Morgan fingerprint density at radius 3 is 1.65 bits per heavy atom. The molecular weight excluding hydrogens is 837 g/mol. The van der Waals surface area contributed by atoms with Crippen LogP contribution in [0, 0.1) is 59.8 Å². The van der Waals surface area contributed by atoms with E-state index < -0.39 is 34.8 Å². The minimum Gasteiger partial charge on any atom is -1.00 e. The number of thioether (sulfide) groups is 1. The van der Waals surface area contributed by atoms with Crippen LogP contribution in [0.1, 0.15) is 23.6 Å². The minimum atomic E-state index is -0.738. The van der Waals surface area contributed by atoms with Gasteiger partial charge in [0.1, 0.15) is 34.9 Å². The van der Waals surface area contributed by atoms with Crippen molar-refractivity contribution >= 4 is 35.1 Å². The molecule has 0 aliphatic carbocycles. The Hall–Kier alpha value is -7.09. The zero-order valence-electron chi connectivity index (χ0n) is 36.2. The van der Waals surface area contributed by atoms with Crippen molar-refractivity contribution in [1.82, 2.24) is 25.1 Å². The molecule has 0 bridgehead atoms. The van der Waals surface area contributed by atoms with Crippen LogP contribution in [0.2, 0.25) is 0 Å². The van der Waals surface area contributed by atoms with Crippen molar-refractivity contribution in [3.8, 4) is 23.5 Å². The minimum absolute atomic E-state index is 0. The van der Waals surface area contributed by atoms with Gasteiger partial charge in [0.05, 0.1) is 53.6 Å². The van der Waals surface area contributed by atoms with Gasteiger partial charge in [-0.15, -0.1) is 11.8 Å². The Morgan fingerprint density at radius 2 is 1.31 bits per heavy atom. The second-order valence-electron chi connectivity index (χ2n) is 11.6. The molecule has 0 aliphatic heterocycles. The Labute approximate surface area is 387 Å². The Kier molecular flexibility index (Phi) is 27.6. The van der Waals surface area contributed by atoms with E-state index in [9.17, 15) is 27.6 Å². The number of carbonyl (C=O) groups is 2. The van der Waals surface area contributed by atoms with Crippen LogP contribution in [0.15, 0.2) is 99.8 Å². The molecule has 4 aromatic rings. The maximum atomic E-state index is 13.7. The number of primary amides is 1. The first kappa shape index (κ1) is 57.0. The number of anilines is 1. The molecule has 0 saturated carbocycles. The van der Waals surface area contributed by atoms with Gasteiger partial charge in [-0.3, -0.25) is 14.4 Å². The first-order valence-corrected chi connectivity index (χ1v) is 18.1. The maximum absolute atomic E-state index is 13.7.